The van der Waals surface area contributed by atoms with Gasteiger partial charge < -0.3 is 16.0 Å². The summed E-state index contributed by atoms with van der Waals surface area (Å²) in [6.07, 6.45) is 4.89. The zero-order valence-corrected chi connectivity index (χ0v) is 17.6. The first-order valence-electron chi connectivity index (χ1n) is 10.4. The van der Waals surface area contributed by atoms with Crippen molar-refractivity contribution in [2.24, 2.45) is 0 Å². The number of amides is 3. The molecule has 2 aromatic rings. The minimum atomic E-state index is -0.133. The first-order chi connectivity index (χ1) is 15.0. The van der Waals surface area contributed by atoms with Crippen LogP contribution in [-0.2, 0) is 14.4 Å². The average molecular weight is 421 g/mol. The van der Waals surface area contributed by atoms with Crippen LogP contribution in [0.15, 0.2) is 60.7 Å². The highest BCUT2D eigenvalue weighted by atomic mass is 16.2. The van der Waals surface area contributed by atoms with Gasteiger partial charge >= 0.3 is 0 Å². The predicted molar refractivity (Wildman–Crippen MR) is 122 cm³/mol. The van der Waals surface area contributed by atoms with Gasteiger partial charge in [-0.15, -0.1) is 0 Å². The van der Waals surface area contributed by atoms with E-state index in [0.29, 0.717) is 6.54 Å². The molecule has 0 bridgehead atoms. The van der Waals surface area contributed by atoms with Crippen LogP contribution in [0, 0.1) is 0 Å². The van der Waals surface area contributed by atoms with E-state index in [9.17, 15) is 14.4 Å². The van der Waals surface area contributed by atoms with Crippen LogP contribution in [0.4, 0.5) is 11.4 Å². The fourth-order valence-corrected chi connectivity index (χ4v) is 3.46. The van der Waals surface area contributed by atoms with Crippen LogP contribution in [-0.4, -0.2) is 48.3 Å². The van der Waals surface area contributed by atoms with Crippen molar-refractivity contribution in [1.29, 1.82) is 0 Å². The third kappa shape index (κ3) is 7.71. The number of carbonyl (C=O) groups is 3. The first-order valence-corrected chi connectivity index (χ1v) is 10.4. The highest BCUT2D eigenvalue weighted by molar-refractivity contribution is 5.93. The Morgan fingerprint density at radius 1 is 0.935 bits per heavy atom. The van der Waals surface area contributed by atoms with E-state index in [1.165, 1.54) is 13.0 Å². The van der Waals surface area contributed by atoms with Gasteiger partial charge in [-0.1, -0.05) is 30.3 Å². The van der Waals surface area contributed by atoms with Crippen LogP contribution in [0.2, 0.25) is 0 Å². The second kappa shape index (κ2) is 11.1. The van der Waals surface area contributed by atoms with Gasteiger partial charge in [0, 0.05) is 43.5 Å². The van der Waals surface area contributed by atoms with Crippen LogP contribution < -0.4 is 16.0 Å². The van der Waals surface area contributed by atoms with E-state index in [1.807, 2.05) is 42.5 Å². The van der Waals surface area contributed by atoms with Gasteiger partial charge in [-0.25, -0.2) is 0 Å². The largest absolute Gasteiger partial charge is 0.350 e. The molecule has 1 saturated heterocycles. The summed E-state index contributed by atoms with van der Waals surface area (Å²) >= 11 is 0. The van der Waals surface area contributed by atoms with E-state index in [0.717, 1.165) is 42.9 Å². The molecule has 7 heteroatoms. The molecule has 162 valence electrons. The monoisotopic (exact) mass is 420 g/mol. The van der Waals surface area contributed by atoms with Crippen LogP contribution >= 0.6 is 0 Å². The van der Waals surface area contributed by atoms with Crippen molar-refractivity contribution in [2.45, 2.75) is 25.8 Å². The summed E-state index contributed by atoms with van der Waals surface area (Å²) in [5.74, 6) is -0.280. The van der Waals surface area contributed by atoms with E-state index in [2.05, 4.69) is 20.9 Å². The summed E-state index contributed by atoms with van der Waals surface area (Å²) in [5, 5.41) is 8.63. The van der Waals surface area contributed by atoms with Crippen LogP contribution in [0.25, 0.3) is 6.08 Å². The molecule has 1 aliphatic rings. The molecule has 0 spiro atoms. The molecule has 0 radical (unpaired) electrons. The number of carbonyl (C=O) groups excluding carboxylic acids is 3. The van der Waals surface area contributed by atoms with Crippen molar-refractivity contribution < 1.29 is 14.4 Å². The lowest BCUT2D eigenvalue weighted by Gasteiger charge is -2.31. The molecule has 2 aromatic carbocycles. The lowest BCUT2D eigenvalue weighted by atomic mass is 10.0. The van der Waals surface area contributed by atoms with E-state index >= 15 is 0 Å². The van der Waals surface area contributed by atoms with E-state index in [4.69, 9.17) is 0 Å². The molecule has 0 aromatic heterocycles. The summed E-state index contributed by atoms with van der Waals surface area (Å²) in [5.41, 5.74) is 2.40. The van der Waals surface area contributed by atoms with Crippen molar-refractivity contribution in [3.05, 3.63) is 66.2 Å². The van der Waals surface area contributed by atoms with Gasteiger partial charge in [0.25, 0.3) is 0 Å². The Morgan fingerprint density at radius 2 is 1.58 bits per heavy atom. The quantitative estimate of drug-likeness (QED) is 0.601. The molecule has 1 fully saturated rings. The molecule has 3 rings (SSSR count). The molecule has 3 N–H and O–H groups in total. The molecular weight excluding hydrogens is 392 g/mol. The number of anilines is 2. The van der Waals surface area contributed by atoms with Gasteiger partial charge in [-0.3, -0.25) is 19.3 Å². The minimum Gasteiger partial charge on any atom is -0.350 e. The molecule has 1 heterocycles. The maximum atomic E-state index is 12.2. The predicted octanol–water partition coefficient (Wildman–Crippen LogP) is 2.88. The number of benzene rings is 2. The van der Waals surface area contributed by atoms with Crippen molar-refractivity contribution in [1.82, 2.24) is 10.2 Å². The van der Waals surface area contributed by atoms with E-state index in [-0.39, 0.29) is 23.8 Å². The summed E-state index contributed by atoms with van der Waals surface area (Å²) in [6.45, 7) is 3.34. The van der Waals surface area contributed by atoms with Crippen LogP contribution in [0.5, 0.6) is 0 Å². The van der Waals surface area contributed by atoms with Gasteiger partial charge in [0.1, 0.15) is 0 Å². The van der Waals surface area contributed by atoms with Gasteiger partial charge in [0.15, 0.2) is 0 Å². The van der Waals surface area contributed by atoms with Crippen LogP contribution in [0.1, 0.15) is 25.3 Å². The molecule has 0 aliphatic carbocycles. The number of hydrogen-bond acceptors (Lipinski definition) is 4. The minimum absolute atomic E-state index is 0.0267. The highest BCUT2D eigenvalue weighted by Gasteiger charge is 2.21. The maximum absolute atomic E-state index is 12.2. The standard InChI is InChI=1S/C24H28N4O3/c1-18(29)25-21-10-7-19(8-11-21)9-12-23(30)26-22-13-15-28(16-14-22)17-24(31)27-20-5-3-2-4-6-20/h2-12,22H,13-17H2,1H3,(H,25,29)(H,26,30)(H,27,31)/b12-9+. The molecule has 0 saturated carbocycles. The van der Waals surface area contributed by atoms with E-state index < -0.39 is 0 Å². The summed E-state index contributed by atoms with van der Waals surface area (Å²) in [6, 6.07) is 16.8. The topological polar surface area (TPSA) is 90.5 Å². The van der Waals surface area contributed by atoms with Gasteiger partial charge in [0.2, 0.25) is 17.7 Å². The number of para-hydroxylation sites is 1. The normalized spacial score (nSPS) is 14.9. The number of piperidine rings is 1. The summed E-state index contributed by atoms with van der Waals surface area (Å²) < 4.78 is 0. The van der Waals surface area contributed by atoms with Crippen molar-refractivity contribution >= 4 is 35.2 Å². The molecule has 1 aliphatic heterocycles. The third-order valence-electron chi connectivity index (χ3n) is 5.02. The number of nitrogens with one attached hydrogen (secondary N) is 3. The Labute approximate surface area is 182 Å². The first kappa shape index (κ1) is 22.2. The molecule has 7 nitrogen and oxygen atoms in total. The fraction of sp³-hybridized carbons (Fsp3) is 0.292. The Hall–Kier alpha value is -3.45. The Balaban J connectivity index is 1.38. The van der Waals surface area contributed by atoms with Crippen molar-refractivity contribution in [3.63, 3.8) is 0 Å². The fourth-order valence-electron chi connectivity index (χ4n) is 3.46. The van der Waals surface area contributed by atoms with E-state index in [1.54, 1.807) is 18.2 Å². The molecular formula is C24H28N4O3. The lowest BCUT2D eigenvalue weighted by molar-refractivity contribution is -0.119. The van der Waals surface area contributed by atoms with Gasteiger partial charge in [-0.2, -0.15) is 0 Å². The average Bonchev–Trinajstić information content (AvgIpc) is 2.75. The Bertz CT molecular complexity index is 918. The lowest BCUT2D eigenvalue weighted by Crippen LogP contribution is -2.46. The molecule has 3 amide bonds. The molecule has 31 heavy (non-hydrogen) atoms. The molecule has 0 atom stereocenters. The number of rotatable bonds is 7. The number of hydrogen-bond donors (Lipinski definition) is 3. The van der Waals surface area contributed by atoms with Crippen molar-refractivity contribution in [3.8, 4) is 0 Å². The zero-order chi connectivity index (χ0) is 22.1. The smallest absolute Gasteiger partial charge is 0.244 e. The summed E-state index contributed by atoms with van der Waals surface area (Å²) in [4.78, 5) is 37.6. The van der Waals surface area contributed by atoms with Crippen molar-refractivity contribution in [2.75, 3.05) is 30.3 Å². The Morgan fingerprint density at radius 3 is 2.23 bits per heavy atom. The SMILES string of the molecule is CC(=O)Nc1ccc(/C=C/C(=O)NC2CCN(CC(=O)Nc3ccccc3)CC2)cc1. The van der Waals surface area contributed by atoms with Gasteiger partial charge in [0.05, 0.1) is 6.54 Å². The van der Waals surface area contributed by atoms with Gasteiger partial charge in [-0.05, 0) is 48.7 Å². The van der Waals surface area contributed by atoms with Crippen LogP contribution in [0.3, 0.4) is 0 Å². The molecule has 0 unspecified atom stereocenters. The zero-order valence-electron chi connectivity index (χ0n) is 17.6. The number of likely N-dealkylation sites (tertiary alicyclic amines) is 1. The number of nitrogens with zero attached hydrogens (tertiary/aromatic N) is 1. The maximum Gasteiger partial charge on any atom is 0.244 e. The Kier molecular flexibility index (Phi) is 7.95. The highest BCUT2D eigenvalue weighted by Crippen LogP contribution is 2.13. The second-order valence-corrected chi connectivity index (χ2v) is 7.61. The third-order valence-corrected chi connectivity index (χ3v) is 5.02. The second-order valence-electron chi connectivity index (χ2n) is 7.61. The summed E-state index contributed by atoms with van der Waals surface area (Å²) in [7, 11) is 0.